The Hall–Kier alpha value is -0.860. The van der Waals surface area contributed by atoms with Gasteiger partial charge in [-0.25, -0.2) is 0 Å². The van der Waals surface area contributed by atoms with Crippen LogP contribution in [0.15, 0.2) is 24.3 Å². The quantitative estimate of drug-likeness (QED) is 0.812. The summed E-state index contributed by atoms with van der Waals surface area (Å²) in [6.07, 6.45) is 7.91. The summed E-state index contributed by atoms with van der Waals surface area (Å²) in [5, 5.41) is 0. The second-order valence-electron chi connectivity index (χ2n) is 5.50. The summed E-state index contributed by atoms with van der Waals surface area (Å²) in [6, 6.07) is 8.96. The van der Waals surface area contributed by atoms with Gasteiger partial charge in [-0.15, -0.1) is 0 Å². The van der Waals surface area contributed by atoms with Crippen LogP contribution in [0.1, 0.15) is 36.8 Å². The van der Waals surface area contributed by atoms with E-state index in [1.165, 1.54) is 36.8 Å². The van der Waals surface area contributed by atoms with Gasteiger partial charge in [-0.3, -0.25) is 0 Å². The Balaban J connectivity index is 1.60. The molecule has 2 aliphatic rings. The Kier molecular flexibility index (Phi) is 3.96. The zero-order valence-electron chi connectivity index (χ0n) is 10.9. The van der Waals surface area contributed by atoms with Gasteiger partial charge >= 0.3 is 0 Å². The van der Waals surface area contributed by atoms with Gasteiger partial charge in [0.2, 0.25) is 0 Å². The fourth-order valence-corrected chi connectivity index (χ4v) is 3.02. The van der Waals surface area contributed by atoms with Crippen molar-refractivity contribution >= 4 is 0 Å². The third-order valence-electron chi connectivity index (χ3n) is 3.97. The van der Waals surface area contributed by atoms with E-state index in [4.69, 9.17) is 9.47 Å². The molecule has 1 aromatic rings. The Morgan fingerprint density at radius 1 is 0.889 bits per heavy atom. The molecule has 2 aliphatic heterocycles. The molecule has 98 valence electrons. The van der Waals surface area contributed by atoms with E-state index in [-0.39, 0.29) is 0 Å². The molecule has 1 aromatic carbocycles. The Labute approximate surface area is 109 Å². The van der Waals surface area contributed by atoms with Gasteiger partial charge in [0, 0.05) is 13.2 Å². The average molecular weight is 246 g/mol. The van der Waals surface area contributed by atoms with Crippen LogP contribution in [0.25, 0.3) is 0 Å². The first-order valence-corrected chi connectivity index (χ1v) is 7.21. The molecule has 2 heteroatoms. The second-order valence-corrected chi connectivity index (χ2v) is 5.50. The summed E-state index contributed by atoms with van der Waals surface area (Å²) >= 11 is 0. The van der Waals surface area contributed by atoms with Gasteiger partial charge < -0.3 is 9.47 Å². The largest absolute Gasteiger partial charge is 0.378 e. The van der Waals surface area contributed by atoms with Crippen molar-refractivity contribution in [1.29, 1.82) is 0 Å². The average Bonchev–Trinajstić information content (AvgIpc) is 3.03. The fourth-order valence-electron chi connectivity index (χ4n) is 3.02. The SMILES string of the molecule is c1cc(CC2CCCO2)cc(CC2CCCO2)c1. The monoisotopic (exact) mass is 246 g/mol. The van der Waals surface area contributed by atoms with Crippen LogP contribution in [0.5, 0.6) is 0 Å². The molecule has 2 fully saturated rings. The van der Waals surface area contributed by atoms with Gasteiger partial charge in [-0.1, -0.05) is 24.3 Å². The van der Waals surface area contributed by atoms with Crippen molar-refractivity contribution in [3.05, 3.63) is 35.4 Å². The normalized spacial score (nSPS) is 27.8. The molecule has 0 aromatic heterocycles. The lowest BCUT2D eigenvalue weighted by molar-refractivity contribution is 0.110. The van der Waals surface area contributed by atoms with Crippen LogP contribution >= 0.6 is 0 Å². The molecule has 2 nitrogen and oxygen atoms in total. The third-order valence-corrected chi connectivity index (χ3v) is 3.97. The minimum absolute atomic E-state index is 0.447. The van der Waals surface area contributed by atoms with Crippen molar-refractivity contribution in [2.75, 3.05) is 13.2 Å². The van der Waals surface area contributed by atoms with E-state index < -0.39 is 0 Å². The van der Waals surface area contributed by atoms with Crippen LogP contribution in [-0.4, -0.2) is 25.4 Å². The highest BCUT2D eigenvalue weighted by molar-refractivity contribution is 5.24. The van der Waals surface area contributed by atoms with E-state index in [1.807, 2.05) is 0 Å². The van der Waals surface area contributed by atoms with Gasteiger partial charge in [0.15, 0.2) is 0 Å². The number of ether oxygens (including phenoxy) is 2. The summed E-state index contributed by atoms with van der Waals surface area (Å²) < 4.78 is 11.4. The van der Waals surface area contributed by atoms with Crippen LogP contribution in [0.2, 0.25) is 0 Å². The first kappa shape index (κ1) is 12.2. The highest BCUT2D eigenvalue weighted by atomic mass is 16.5. The van der Waals surface area contributed by atoms with E-state index >= 15 is 0 Å². The van der Waals surface area contributed by atoms with Crippen molar-refractivity contribution < 1.29 is 9.47 Å². The lowest BCUT2D eigenvalue weighted by Gasteiger charge is -2.12. The lowest BCUT2D eigenvalue weighted by atomic mass is 10.00. The second kappa shape index (κ2) is 5.85. The molecule has 0 saturated carbocycles. The van der Waals surface area contributed by atoms with Crippen molar-refractivity contribution in [2.24, 2.45) is 0 Å². The van der Waals surface area contributed by atoms with Gasteiger partial charge in [-0.2, -0.15) is 0 Å². The van der Waals surface area contributed by atoms with Crippen molar-refractivity contribution in [3.63, 3.8) is 0 Å². The number of rotatable bonds is 4. The zero-order chi connectivity index (χ0) is 12.2. The van der Waals surface area contributed by atoms with E-state index in [9.17, 15) is 0 Å². The van der Waals surface area contributed by atoms with E-state index in [0.717, 1.165) is 26.1 Å². The summed E-state index contributed by atoms with van der Waals surface area (Å²) in [6.45, 7) is 1.89. The molecule has 2 heterocycles. The number of benzene rings is 1. The summed E-state index contributed by atoms with van der Waals surface area (Å²) in [5.74, 6) is 0. The predicted molar refractivity (Wildman–Crippen MR) is 71.8 cm³/mol. The highest BCUT2D eigenvalue weighted by Gasteiger charge is 2.18. The van der Waals surface area contributed by atoms with Crippen LogP contribution in [-0.2, 0) is 22.3 Å². The van der Waals surface area contributed by atoms with Gasteiger partial charge in [0.1, 0.15) is 0 Å². The Bertz CT molecular complexity index is 343. The van der Waals surface area contributed by atoms with Crippen molar-refractivity contribution in [2.45, 2.75) is 50.7 Å². The molecule has 0 bridgehead atoms. The predicted octanol–water partition coefficient (Wildman–Crippen LogP) is 3.13. The van der Waals surface area contributed by atoms with Crippen LogP contribution < -0.4 is 0 Å². The van der Waals surface area contributed by atoms with Gasteiger partial charge in [-0.05, 0) is 49.7 Å². The Morgan fingerprint density at radius 3 is 1.89 bits per heavy atom. The standard InChI is InChI=1S/C16H22O2/c1-4-13(11-15-6-2-8-17-15)10-14(5-1)12-16-7-3-9-18-16/h1,4-5,10,15-16H,2-3,6-9,11-12H2. The first-order valence-electron chi connectivity index (χ1n) is 7.21. The molecule has 2 unspecified atom stereocenters. The molecule has 0 spiro atoms. The smallest absolute Gasteiger partial charge is 0.0616 e. The van der Waals surface area contributed by atoms with E-state index in [0.29, 0.717) is 12.2 Å². The molecule has 0 amide bonds. The molecule has 0 N–H and O–H groups in total. The molecular formula is C16H22O2. The minimum Gasteiger partial charge on any atom is -0.378 e. The third kappa shape index (κ3) is 3.12. The van der Waals surface area contributed by atoms with E-state index in [2.05, 4.69) is 24.3 Å². The molecule has 3 rings (SSSR count). The molecule has 0 aliphatic carbocycles. The van der Waals surface area contributed by atoms with Crippen LogP contribution in [0.4, 0.5) is 0 Å². The molecule has 0 radical (unpaired) electrons. The molecular weight excluding hydrogens is 224 g/mol. The summed E-state index contributed by atoms with van der Waals surface area (Å²) in [4.78, 5) is 0. The van der Waals surface area contributed by atoms with E-state index in [1.54, 1.807) is 0 Å². The molecule has 18 heavy (non-hydrogen) atoms. The van der Waals surface area contributed by atoms with Crippen LogP contribution in [0, 0.1) is 0 Å². The number of hydrogen-bond acceptors (Lipinski definition) is 2. The maximum absolute atomic E-state index is 5.71. The number of hydrogen-bond donors (Lipinski definition) is 0. The van der Waals surface area contributed by atoms with Crippen molar-refractivity contribution in [1.82, 2.24) is 0 Å². The van der Waals surface area contributed by atoms with Gasteiger partial charge in [0.25, 0.3) is 0 Å². The topological polar surface area (TPSA) is 18.5 Å². The van der Waals surface area contributed by atoms with Crippen molar-refractivity contribution in [3.8, 4) is 0 Å². The van der Waals surface area contributed by atoms with Crippen LogP contribution in [0.3, 0.4) is 0 Å². The Morgan fingerprint density at radius 2 is 1.44 bits per heavy atom. The molecule has 2 atom stereocenters. The first-order chi connectivity index (χ1) is 8.90. The highest BCUT2D eigenvalue weighted by Crippen LogP contribution is 2.20. The maximum atomic E-state index is 5.71. The lowest BCUT2D eigenvalue weighted by Crippen LogP contribution is -2.11. The van der Waals surface area contributed by atoms with Gasteiger partial charge in [0.05, 0.1) is 12.2 Å². The maximum Gasteiger partial charge on any atom is 0.0616 e. The fraction of sp³-hybridized carbons (Fsp3) is 0.625. The molecule has 2 saturated heterocycles. The summed E-state index contributed by atoms with van der Waals surface area (Å²) in [7, 11) is 0. The summed E-state index contributed by atoms with van der Waals surface area (Å²) in [5.41, 5.74) is 2.83. The zero-order valence-corrected chi connectivity index (χ0v) is 10.9. The minimum atomic E-state index is 0.447.